The first kappa shape index (κ1) is 18.3. The summed E-state index contributed by atoms with van der Waals surface area (Å²) in [6, 6.07) is 7.97. The van der Waals surface area contributed by atoms with Gasteiger partial charge in [0.05, 0.1) is 39.6 Å². The van der Waals surface area contributed by atoms with Crippen molar-refractivity contribution in [1.29, 1.82) is 0 Å². The lowest BCUT2D eigenvalue weighted by Crippen LogP contribution is -2.03. The van der Waals surface area contributed by atoms with E-state index in [0.29, 0.717) is 34.1 Å². The van der Waals surface area contributed by atoms with Crippen molar-refractivity contribution in [1.82, 2.24) is 0 Å². The number of fused-ring (bicyclic) bond motifs is 1. The molecule has 0 radical (unpaired) electrons. The van der Waals surface area contributed by atoms with Crippen molar-refractivity contribution < 1.29 is 33.3 Å². The molecule has 27 heavy (non-hydrogen) atoms. The minimum Gasteiger partial charge on any atom is -0.493 e. The molecule has 0 bridgehead atoms. The molecule has 0 saturated carbocycles. The van der Waals surface area contributed by atoms with Crippen LogP contribution < -0.4 is 18.9 Å². The number of ether oxygens (including phenoxy) is 5. The quantitative estimate of drug-likeness (QED) is 0.591. The zero-order chi connectivity index (χ0) is 19.6. The summed E-state index contributed by atoms with van der Waals surface area (Å²) in [6.45, 7) is 0. The van der Waals surface area contributed by atoms with Crippen molar-refractivity contribution in [3.05, 3.63) is 52.8 Å². The van der Waals surface area contributed by atoms with Crippen molar-refractivity contribution in [2.45, 2.75) is 0 Å². The predicted molar refractivity (Wildman–Crippen MR) is 96.8 cm³/mol. The van der Waals surface area contributed by atoms with E-state index in [4.69, 9.17) is 18.9 Å². The molecule has 1 aliphatic rings. The topological polar surface area (TPSA) is 80.3 Å². The van der Waals surface area contributed by atoms with Gasteiger partial charge < -0.3 is 23.7 Å². The minimum atomic E-state index is -0.521. The highest BCUT2D eigenvalue weighted by Crippen LogP contribution is 2.39. The molecule has 7 nitrogen and oxygen atoms in total. The zero-order valence-electron chi connectivity index (χ0n) is 15.3. The number of carbonyl (C=O) groups excluding carboxylic acids is 2. The average Bonchev–Trinajstić information content (AvgIpc) is 3.01. The number of hydrogen-bond acceptors (Lipinski definition) is 7. The molecule has 0 fully saturated rings. The van der Waals surface area contributed by atoms with Crippen LogP contribution >= 0.6 is 0 Å². The van der Waals surface area contributed by atoms with Crippen LogP contribution in [0.2, 0.25) is 0 Å². The summed E-state index contributed by atoms with van der Waals surface area (Å²) in [5.41, 5.74) is 1.22. The average molecular weight is 370 g/mol. The van der Waals surface area contributed by atoms with Crippen LogP contribution in [0, 0.1) is 0 Å². The van der Waals surface area contributed by atoms with E-state index in [0.717, 1.165) is 0 Å². The second-order valence-electron chi connectivity index (χ2n) is 5.60. The molecule has 1 heterocycles. The lowest BCUT2D eigenvalue weighted by Gasteiger charge is -2.13. The van der Waals surface area contributed by atoms with E-state index >= 15 is 0 Å². The van der Waals surface area contributed by atoms with E-state index in [1.807, 2.05) is 0 Å². The van der Waals surface area contributed by atoms with E-state index in [-0.39, 0.29) is 17.1 Å². The molecule has 0 saturated heterocycles. The molecule has 0 unspecified atom stereocenters. The van der Waals surface area contributed by atoms with Gasteiger partial charge in [0.1, 0.15) is 5.75 Å². The lowest BCUT2D eigenvalue weighted by molar-refractivity contribution is 0.0600. The van der Waals surface area contributed by atoms with Gasteiger partial charge in [-0.1, -0.05) is 0 Å². The third-order valence-corrected chi connectivity index (χ3v) is 4.07. The molecule has 140 valence electrons. The predicted octanol–water partition coefficient (Wildman–Crippen LogP) is 3.12. The van der Waals surface area contributed by atoms with Gasteiger partial charge >= 0.3 is 5.97 Å². The van der Waals surface area contributed by atoms with Gasteiger partial charge in [-0.15, -0.1) is 0 Å². The lowest BCUT2D eigenvalue weighted by atomic mass is 10.1. The van der Waals surface area contributed by atoms with Crippen molar-refractivity contribution >= 4 is 17.8 Å². The standard InChI is InChI=1S/C20H18O7/c1-23-16-8-11(9-17(24-2)19(16)25-3)7-15-18(21)13-10-12(20(22)26-4)5-6-14(13)27-15/h5-10H,1-4H3. The molecule has 3 rings (SSSR count). The van der Waals surface area contributed by atoms with Crippen molar-refractivity contribution in [2.24, 2.45) is 0 Å². The monoisotopic (exact) mass is 370 g/mol. The van der Waals surface area contributed by atoms with Gasteiger partial charge in [0.15, 0.2) is 17.3 Å². The molecular weight excluding hydrogens is 352 g/mol. The molecule has 2 aromatic rings. The molecule has 7 heteroatoms. The third-order valence-electron chi connectivity index (χ3n) is 4.07. The molecule has 0 N–H and O–H groups in total. The van der Waals surface area contributed by atoms with Crippen LogP contribution in [0.4, 0.5) is 0 Å². The van der Waals surface area contributed by atoms with Gasteiger partial charge in [0.2, 0.25) is 11.5 Å². The molecule has 1 aliphatic heterocycles. The maximum atomic E-state index is 12.7. The Kier molecular flexibility index (Phi) is 5.03. The van der Waals surface area contributed by atoms with Gasteiger partial charge in [-0.3, -0.25) is 4.79 Å². The fourth-order valence-electron chi connectivity index (χ4n) is 2.77. The van der Waals surface area contributed by atoms with Crippen LogP contribution in [0.3, 0.4) is 0 Å². The normalized spacial score (nSPS) is 13.8. The number of benzene rings is 2. The van der Waals surface area contributed by atoms with Crippen LogP contribution in [-0.4, -0.2) is 40.2 Å². The molecule has 0 spiro atoms. The number of rotatable bonds is 5. The number of ketones is 1. The van der Waals surface area contributed by atoms with E-state index in [1.165, 1.54) is 34.5 Å². The SMILES string of the molecule is COC(=O)c1ccc2c(c1)C(=O)C(=Cc1cc(OC)c(OC)c(OC)c1)O2. The minimum absolute atomic E-state index is 0.126. The summed E-state index contributed by atoms with van der Waals surface area (Å²) in [4.78, 5) is 24.3. The first-order valence-corrected chi connectivity index (χ1v) is 7.99. The maximum Gasteiger partial charge on any atom is 0.337 e. The second kappa shape index (κ2) is 7.41. The Morgan fingerprint density at radius 1 is 0.963 bits per heavy atom. The number of allylic oxidation sites excluding steroid dienone is 1. The van der Waals surface area contributed by atoms with Gasteiger partial charge in [0.25, 0.3) is 0 Å². The summed E-state index contributed by atoms with van der Waals surface area (Å²) in [5, 5.41) is 0. The fourth-order valence-corrected chi connectivity index (χ4v) is 2.77. The molecule has 2 aromatic carbocycles. The summed E-state index contributed by atoms with van der Waals surface area (Å²) in [5.74, 6) is 1.02. The summed E-state index contributed by atoms with van der Waals surface area (Å²) in [6.07, 6.45) is 1.57. The molecule has 0 aliphatic carbocycles. The Morgan fingerprint density at radius 2 is 1.63 bits per heavy atom. The first-order valence-electron chi connectivity index (χ1n) is 7.99. The Bertz CT molecular complexity index is 918. The highest BCUT2D eigenvalue weighted by Gasteiger charge is 2.28. The number of methoxy groups -OCH3 is 4. The van der Waals surface area contributed by atoms with E-state index in [1.54, 1.807) is 30.3 Å². The molecule has 0 atom stereocenters. The van der Waals surface area contributed by atoms with Gasteiger partial charge in [-0.2, -0.15) is 0 Å². The van der Waals surface area contributed by atoms with Crippen LogP contribution in [0.5, 0.6) is 23.0 Å². The number of hydrogen-bond donors (Lipinski definition) is 0. The summed E-state index contributed by atoms with van der Waals surface area (Å²) in [7, 11) is 5.81. The van der Waals surface area contributed by atoms with Gasteiger partial charge in [-0.25, -0.2) is 4.79 Å². The smallest absolute Gasteiger partial charge is 0.337 e. The van der Waals surface area contributed by atoms with Crippen LogP contribution in [0.25, 0.3) is 6.08 Å². The number of Topliss-reactive ketones (excluding diaryl/α,β-unsaturated/α-hetero) is 1. The largest absolute Gasteiger partial charge is 0.493 e. The Morgan fingerprint density at radius 3 is 2.19 bits per heavy atom. The van der Waals surface area contributed by atoms with Crippen molar-refractivity contribution in [2.75, 3.05) is 28.4 Å². The molecular formula is C20H18O7. The second-order valence-corrected chi connectivity index (χ2v) is 5.60. The highest BCUT2D eigenvalue weighted by molar-refractivity contribution is 6.15. The first-order chi connectivity index (χ1) is 13.0. The van der Waals surface area contributed by atoms with Crippen LogP contribution in [0.15, 0.2) is 36.1 Å². The molecule has 0 aromatic heterocycles. The summed E-state index contributed by atoms with van der Waals surface area (Å²) >= 11 is 0. The Labute approximate surface area is 156 Å². The third kappa shape index (κ3) is 3.31. The summed E-state index contributed by atoms with van der Waals surface area (Å²) < 4.78 is 26.2. The van der Waals surface area contributed by atoms with Crippen molar-refractivity contribution in [3.8, 4) is 23.0 Å². The highest BCUT2D eigenvalue weighted by atomic mass is 16.5. The molecule has 0 amide bonds. The number of carbonyl (C=O) groups is 2. The van der Waals surface area contributed by atoms with E-state index < -0.39 is 5.97 Å². The van der Waals surface area contributed by atoms with Gasteiger partial charge in [0, 0.05) is 0 Å². The van der Waals surface area contributed by atoms with Crippen LogP contribution in [0.1, 0.15) is 26.3 Å². The van der Waals surface area contributed by atoms with Crippen LogP contribution in [-0.2, 0) is 4.74 Å². The zero-order valence-corrected chi connectivity index (χ0v) is 15.3. The van der Waals surface area contributed by atoms with Gasteiger partial charge in [-0.05, 0) is 42.0 Å². The van der Waals surface area contributed by atoms with E-state index in [2.05, 4.69) is 4.74 Å². The number of esters is 1. The fraction of sp³-hybridized carbons (Fsp3) is 0.200. The van der Waals surface area contributed by atoms with Crippen molar-refractivity contribution in [3.63, 3.8) is 0 Å². The van der Waals surface area contributed by atoms with E-state index in [9.17, 15) is 9.59 Å². The maximum absolute atomic E-state index is 12.7. The Balaban J connectivity index is 1.99. The Hall–Kier alpha value is -3.48.